The van der Waals surface area contributed by atoms with Crippen molar-refractivity contribution in [2.45, 2.75) is 31.8 Å². The Morgan fingerprint density at radius 2 is 1.22 bits per heavy atom. The molecule has 6 nitrogen and oxygen atoms in total. The van der Waals surface area contributed by atoms with Gasteiger partial charge in [0.05, 0.1) is 19.3 Å². The van der Waals surface area contributed by atoms with Gasteiger partial charge in [-0.05, 0) is 73.2 Å². The van der Waals surface area contributed by atoms with Crippen LogP contribution in [-0.2, 0) is 17.6 Å². The molecule has 0 fully saturated rings. The smallest absolute Gasteiger partial charge is 0.122 e. The van der Waals surface area contributed by atoms with Gasteiger partial charge in [0.15, 0.2) is 0 Å². The van der Waals surface area contributed by atoms with Crippen molar-refractivity contribution in [3.63, 3.8) is 0 Å². The molecule has 0 atom stereocenters. The van der Waals surface area contributed by atoms with Gasteiger partial charge in [-0.1, -0.05) is 0 Å². The maximum atomic E-state index is 10.4. The molecule has 1 heterocycles. The number of hydrogen-bond acceptors (Lipinski definition) is 6. The zero-order valence-electron chi connectivity index (χ0n) is 15.5. The monoisotopic (exact) mass is 372 g/mol. The molecule has 0 radical (unpaired) electrons. The first kappa shape index (κ1) is 19.3. The number of hydrogen-bond donors (Lipinski definition) is 3. The summed E-state index contributed by atoms with van der Waals surface area (Å²) in [6.45, 7) is 1.86. The zero-order valence-corrected chi connectivity index (χ0v) is 15.5. The van der Waals surface area contributed by atoms with E-state index >= 15 is 0 Å². The first-order valence-corrected chi connectivity index (χ1v) is 9.40. The minimum Gasteiger partial charge on any atom is -0.491 e. The molecule has 3 rings (SSSR count). The molecule has 27 heavy (non-hydrogen) atoms. The van der Waals surface area contributed by atoms with Crippen molar-refractivity contribution in [3.8, 4) is 11.5 Å². The molecule has 1 aliphatic heterocycles. The maximum absolute atomic E-state index is 10.4. The lowest BCUT2D eigenvalue weighted by Crippen LogP contribution is -2.15. The van der Waals surface area contributed by atoms with E-state index in [1.807, 2.05) is 36.4 Å². The Bertz CT molecular complexity index is 689. The van der Waals surface area contributed by atoms with Crippen LogP contribution in [-0.4, -0.2) is 37.6 Å². The van der Waals surface area contributed by atoms with Gasteiger partial charge >= 0.3 is 0 Å². The number of aryl methyl sites for hydroxylation is 2. The van der Waals surface area contributed by atoms with Crippen molar-refractivity contribution in [2.24, 2.45) is 0 Å². The minimum absolute atomic E-state index is 0.426. The van der Waals surface area contributed by atoms with E-state index in [1.54, 1.807) is 0 Å². The average molecular weight is 372 g/mol. The van der Waals surface area contributed by atoms with Crippen LogP contribution in [0.3, 0.4) is 0 Å². The van der Waals surface area contributed by atoms with Gasteiger partial charge in [0, 0.05) is 11.4 Å². The quantitative estimate of drug-likeness (QED) is 0.615. The molecule has 2 aromatic rings. The molecule has 0 unspecified atom stereocenters. The van der Waals surface area contributed by atoms with Crippen LogP contribution >= 0.6 is 0 Å². The highest BCUT2D eigenvalue weighted by atomic mass is 16.5. The highest BCUT2D eigenvalue weighted by Crippen LogP contribution is 2.26. The van der Waals surface area contributed by atoms with E-state index in [-0.39, 0.29) is 0 Å². The molecule has 0 saturated carbocycles. The number of nitrogen functional groups attached to an aromatic ring is 2. The average Bonchev–Trinajstić information content (AvgIpc) is 2.65. The number of anilines is 2. The summed E-state index contributed by atoms with van der Waals surface area (Å²) in [5.41, 5.74) is 15.2. The first-order valence-electron chi connectivity index (χ1n) is 9.40. The SMILES string of the molecule is Nc1ccc2c(c1)CCC(O)CCc1cc(N)ccc1OCCOCCO2. The Morgan fingerprint density at radius 3 is 1.70 bits per heavy atom. The number of ether oxygens (including phenoxy) is 3. The number of aliphatic hydroxyl groups is 1. The van der Waals surface area contributed by atoms with Gasteiger partial charge in [0.1, 0.15) is 24.7 Å². The summed E-state index contributed by atoms with van der Waals surface area (Å²) in [4.78, 5) is 0. The summed E-state index contributed by atoms with van der Waals surface area (Å²) in [6.07, 6.45) is 2.24. The van der Waals surface area contributed by atoms with Gasteiger partial charge in [-0.3, -0.25) is 0 Å². The zero-order chi connectivity index (χ0) is 19.1. The van der Waals surface area contributed by atoms with Crippen molar-refractivity contribution < 1.29 is 19.3 Å². The van der Waals surface area contributed by atoms with E-state index in [0.29, 0.717) is 63.5 Å². The number of rotatable bonds is 0. The summed E-state index contributed by atoms with van der Waals surface area (Å²) < 4.78 is 17.3. The molecular weight excluding hydrogens is 344 g/mol. The molecule has 6 heteroatoms. The Hall–Kier alpha value is -2.44. The lowest BCUT2D eigenvalue weighted by Gasteiger charge is -2.17. The molecule has 0 amide bonds. The van der Waals surface area contributed by atoms with E-state index in [9.17, 15) is 5.11 Å². The summed E-state index contributed by atoms with van der Waals surface area (Å²) in [5, 5.41) is 10.4. The fourth-order valence-electron chi connectivity index (χ4n) is 3.18. The summed E-state index contributed by atoms with van der Waals surface area (Å²) in [6, 6.07) is 11.2. The molecule has 146 valence electrons. The van der Waals surface area contributed by atoms with Crippen LogP contribution < -0.4 is 20.9 Å². The second-order valence-corrected chi connectivity index (χ2v) is 6.77. The minimum atomic E-state index is -0.426. The van der Waals surface area contributed by atoms with E-state index in [1.165, 1.54) is 0 Å². The van der Waals surface area contributed by atoms with Crippen LogP contribution in [0, 0.1) is 0 Å². The molecule has 0 aromatic heterocycles. The van der Waals surface area contributed by atoms with Crippen LogP contribution in [0.4, 0.5) is 11.4 Å². The van der Waals surface area contributed by atoms with Crippen molar-refractivity contribution in [1.29, 1.82) is 0 Å². The van der Waals surface area contributed by atoms with Gasteiger partial charge in [0.2, 0.25) is 0 Å². The van der Waals surface area contributed by atoms with E-state index in [2.05, 4.69) is 0 Å². The Balaban J connectivity index is 1.73. The molecule has 0 spiro atoms. The fraction of sp³-hybridized carbons (Fsp3) is 0.429. The number of fused-ring (bicyclic) bond motifs is 2. The van der Waals surface area contributed by atoms with E-state index in [4.69, 9.17) is 25.7 Å². The first-order chi connectivity index (χ1) is 13.1. The molecule has 0 saturated heterocycles. The Kier molecular flexibility index (Phi) is 6.79. The number of nitrogens with two attached hydrogens (primary N) is 2. The summed E-state index contributed by atoms with van der Waals surface area (Å²) in [7, 11) is 0. The molecule has 0 bridgehead atoms. The summed E-state index contributed by atoms with van der Waals surface area (Å²) >= 11 is 0. The van der Waals surface area contributed by atoms with Crippen molar-refractivity contribution >= 4 is 11.4 Å². The fourth-order valence-corrected chi connectivity index (χ4v) is 3.18. The van der Waals surface area contributed by atoms with Crippen molar-refractivity contribution in [1.82, 2.24) is 0 Å². The second-order valence-electron chi connectivity index (χ2n) is 6.77. The van der Waals surface area contributed by atoms with E-state index in [0.717, 1.165) is 22.6 Å². The van der Waals surface area contributed by atoms with Gasteiger partial charge in [0.25, 0.3) is 0 Å². The number of aliphatic hydroxyl groups excluding tert-OH is 1. The van der Waals surface area contributed by atoms with Crippen LogP contribution in [0.25, 0.3) is 0 Å². The van der Waals surface area contributed by atoms with Crippen molar-refractivity contribution in [3.05, 3.63) is 47.5 Å². The van der Waals surface area contributed by atoms with Crippen LogP contribution in [0.1, 0.15) is 24.0 Å². The van der Waals surface area contributed by atoms with Gasteiger partial charge in [-0.25, -0.2) is 0 Å². The van der Waals surface area contributed by atoms with Crippen LogP contribution in [0.15, 0.2) is 36.4 Å². The predicted octanol–water partition coefficient (Wildman–Crippen LogP) is 2.57. The van der Waals surface area contributed by atoms with Crippen LogP contribution in [0.5, 0.6) is 11.5 Å². The topological polar surface area (TPSA) is 100.0 Å². The third kappa shape index (κ3) is 5.77. The lowest BCUT2D eigenvalue weighted by atomic mass is 9.99. The van der Waals surface area contributed by atoms with Crippen molar-refractivity contribution in [2.75, 3.05) is 37.9 Å². The third-order valence-electron chi connectivity index (χ3n) is 4.63. The third-order valence-corrected chi connectivity index (χ3v) is 4.63. The normalized spacial score (nSPS) is 17.2. The molecular formula is C21H28N2O4. The lowest BCUT2D eigenvalue weighted by molar-refractivity contribution is 0.0756. The van der Waals surface area contributed by atoms with E-state index < -0.39 is 6.10 Å². The van der Waals surface area contributed by atoms with Gasteiger partial charge in [-0.2, -0.15) is 0 Å². The number of benzene rings is 2. The highest BCUT2D eigenvalue weighted by Gasteiger charge is 2.12. The molecule has 1 aliphatic rings. The Labute approximate surface area is 160 Å². The highest BCUT2D eigenvalue weighted by molar-refractivity contribution is 5.49. The molecule has 2 aromatic carbocycles. The van der Waals surface area contributed by atoms with Crippen LogP contribution in [0.2, 0.25) is 0 Å². The largest absolute Gasteiger partial charge is 0.491 e. The maximum Gasteiger partial charge on any atom is 0.122 e. The molecule has 0 aliphatic carbocycles. The molecule has 5 N–H and O–H groups in total. The van der Waals surface area contributed by atoms with Gasteiger partial charge < -0.3 is 30.8 Å². The predicted molar refractivity (Wildman–Crippen MR) is 106 cm³/mol. The van der Waals surface area contributed by atoms with Gasteiger partial charge in [-0.15, -0.1) is 0 Å². The summed E-state index contributed by atoms with van der Waals surface area (Å²) in [5.74, 6) is 1.59. The Morgan fingerprint density at radius 1 is 0.741 bits per heavy atom. The second kappa shape index (κ2) is 9.48. The standard InChI is InChI=1S/C21H28N2O4/c22-17-3-7-20-15(13-17)1-5-19(24)6-2-16-14-18(23)4-8-21(16)27-12-10-25-9-11-26-20/h3-4,7-8,13-14,19,24H,1-2,5-6,9-12,22-23H2.